The minimum Gasteiger partial charge on any atom is -0.466 e. The number of hydrogen-bond donors (Lipinski definition) is 1. The SMILES string of the molecule is CCC1=C(CC)OC=CN1. The van der Waals surface area contributed by atoms with Crippen molar-refractivity contribution in [2.75, 3.05) is 0 Å². The van der Waals surface area contributed by atoms with Gasteiger partial charge in [-0.15, -0.1) is 0 Å². The molecule has 2 nitrogen and oxygen atoms in total. The molecule has 0 bridgehead atoms. The third-order valence-corrected chi connectivity index (χ3v) is 1.55. The third-order valence-electron chi connectivity index (χ3n) is 1.55. The second-order valence-corrected chi connectivity index (χ2v) is 2.17. The van der Waals surface area contributed by atoms with E-state index < -0.39 is 0 Å². The molecule has 0 aromatic carbocycles. The standard InChI is InChI=1S/C8H13NO/c1-3-7-8(4-2)10-6-5-9-7/h5-6,9H,3-4H2,1-2H3. The van der Waals surface area contributed by atoms with Crippen LogP contribution in [0.15, 0.2) is 23.9 Å². The fourth-order valence-electron chi connectivity index (χ4n) is 0.998. The molecule has 0 saturated carbocycles. The van der Waals surface area contributed by atoms with Crippen molar-refractivity contribution >= 4 is 0 Å². The molecule has 1 heterocycles. The fourth-order valence-corrected chi connectivity index (χ4v) is 0.998. The van der Waals surface area contributed by atoms with Crippen LogP contribution in [0.2, 0.25) is 0 Å². The predicted octanol–water partition coefficient (Wildman–Crippen LogP) is 2.11. The Bertz CT molecular complexity index is 152. The number of ether oxygens (including phenoxy) is 1. The van der Waals surface area contributed by atoms with Crippen molar-refractivity contribution < 1.29 is 4.74 Å². The summed E-state index contributed by atoms with van der Waals surface area (Å²) < 4.78 is 5.27. The first-order valence-electron chi connectivity index (χ1n) is 3.68. The largest absolute Gasteiger partial charge is 0.466 e. The molecule has 1 aliphatic rings. The second-order valence-electron chi connectivity index (χ2n) is 2.17. The summed E-state index contributed by atoms with van der Waals surface area (Å²) in [5.41, 5.74) is 1.20. The first kappa shape index (κ1) is 7.19. The lowest BCUT2D eigenvalue weighted by Gasteiger charge is -2.15. The molecule has 0 amide bonds. The van der Waals surface area contributed by atoms with Gasteiger partial charge >= 0.3 is 0 Å². The molecule has 0 aromatic rings. The van der Waals surface area contributed by atoms with Crippen LogP contribution in [-0.4, -0.2) is 0 Å². The van der Waals surface area contributed by atoms with Crippen LogP contribution >= 0.6 is 0 Å². The molecule has 1 rings (SSSR count). The number of rotatable bonds is 2. The Kier molecular flexibility index (Phi) is 2.37. The molecule has 1 N–H and O–H groups in total. The zero-order valence-corrected chi connectivity index (χ0v) is 6.48. The van der Waals surface area contributed by atoms with Crippen molar-refractivity contribution in [3.8, 4) is 0 Å². The number of nitrogens with one attached hydrogen (secondary N) is 1. The Morgan fingerprint density at radius 2 is 2.20 bits per heavy atom. The van der Waals surface area contributed by atoms with Gasteiger partial charge in [0.05, 0.1) is 5.70 Å². The van der Waals surface area contributed by atoms with Crippen LogP contribution < -0.4 is 5.32 Å². The summed E-state index contributed by atoms with van der Waals surface area (Å²) >= 11 is 0. The van der Waals surface area contributed by atoms with E-state index in [9.17, 15) is 0 Å². The lowest BCUT2D eigenvalue weighted by molar-refractivity contribution is 0.315. The summed E-state index contributed by atoms with van der Waals surface area (Å²) in [6.45, 7) is 4.20. The lowest BCUT2D eigenvalue weighted by Crippen LogP contribution is -2.12. The summed E-state index contributed by atoms with van der Waals surface area (Å²) in [6, 6.07) is 0. The molecule has 1 aliphatic heterocycles. The van der Waals surface area contributed by atoms with Crippen molar-refractivity contribution in [2.45, 2.75) is 26.7 Å². The zero-order valence-electron chi connectivity index (χ0n) is 6.48. The Balaban J connectivity index is 2.66. The minimum atomic E-state index is 0.959. The molecular formula is C8H13NO. The molecule has 0 saturated heterocycles. The summed E-state index contributed by atoms with van der Waals surface area (Å²) in [7, 11) is 0. The highest BCUT2D eigenvalue weighted by atomic mass is 16.5. The van der Waals surface area contributed by atoms with Crippen LogP contribution in [0.4, 0.5) is 0 Å². The van der Waals surface area contributed by atoms with E-state index >= 15 is 0 Å². The molecule has 0 spiro atoms. The highest BCUT2D eigenvalue weighted by Crippen LogP contribution is 2.14. The van der Waals surface area contributed by atoms with Gasteiger partial charge in [-0.3, -0.25) is 0 Å². The van der Waals surface area contributed by atoms with Crippen LogP contribution in [0.3, 0.4) is 0 Å². The summed E-state index contributed by atoms with van der Waals surface area (Å²) in [5, 5.41) is 3.14. The minimum absolute atomic E-state index is 0.959. The van der Waals surface area contributed by atoms with Gasteiger partial charge in [0, 0.05) is 12.6 Å². The van der Waals surface area contributed by atoms with Crippen molar-refractivity contribution in [1.29, 1.82) is 0 Å². The average Bonchev–Trinajstić information content (AvgIpc) is 2.04. The Morgan fingerprint density at radius 1 is 1.40 bits per heavy atom. The van der Waals surface area contributed by atoms with E-state index in [0.29, 0.717) is 0 Å². The monoisotopic (exact) mass is 139 g/mol. The first-order valence-corrected chi connectivity index (χ1v) is 3.68. The van der Waals surface area contributed by atoms with Crippen molar-refractivity contribution in [3.05, 3.63) is 23.9 Å². The zero-order chi connectivity index (χ0) is 7.40. The second kappa shape index (κ2) is 3.30. The van der Waals surface area contributed by atoms with Crippen LogP contribution in [0.25, 0.3) is 0 Å². The van der Waals surface area contributed by atoms with Gasteiger partial charge < -0.3 is 10.1 Å². The molecule has 0 radical (unpaired) electrons. The number of hydrogen-bond acceptors (Lipinski definition) is 2. The summed E-state index contributed by atoms with van der Waals surface area (Å²) in [4.78, 5) is 0. The van der Waals surface area contributed by atoms with Gasteiger partial charge in [0.15, 0.2) is 0 Å². The average molecular weight is 139 g/mol. The first-order chi connectivity index (χ1) is 4.88. The lowest BCUT2D eigenvalue weighted by atomic mass is 10.2. The maximum Gasteiger partial charge on any atom is 0.122 e. The van der Waals surface area contributed by atoms with Crippen molar-refractivity contribution in [3.63, 3.8) is 0 Å². The van der Waals surface area contributed by atoms with Crippen LogP contribution in [-0.2, 0) is 4.74 Å². The van der Waals surface area contributed by atoms with E-state index in [-0.39, 0.29) is 0 Å². The molecule has 0 aliphatic carbocycles. The highest BCUT2D eigenvalue weighted by molar-refractivity contribution is 5.12. The normalized spacial score (nSPS) is 16.6. The predicted molar refractivity (Wildman–Crippen MR) is 41.0 cm³/mol. The van der Waals surface area contributed by atoms with Gasteiger partial charge in [0.1, 0.15) is 12.0 Å². The maximum absolute atomic E-state index is 5.27. The van der Waals surface area contributed by atoms with E-state index in [2.05, 4.69) is 19.2 Å². The molecule has 0 aromatic heterocycles. The molecular weight excluding hydrogens is 126 g/mol. The van der Waals surface area contributed by atoms with Crippen LogP contribution in [0.5, 0.6) is 0 Å². The van der Waals surface area contributed by atoms with E-state index in [1.54, 1.807) is 6.26 Å². The maximum atomic E-state index is 5.27. The third kappa shape index (κ3) is 1.32. The molecule has 2 heteroatoms. The summed E-state index contributed by atoms with van der Waals surface area (Å²) in [5.74, 6) is 1.06. The highest BCUT2D eigenvalue weighted by Gasteiger charge is 2.04. The van der Waals surface area contributed by atoms with Crippen molar-refractivity contribution in [2.24, 2.45) is 0 Å². The van der Waals surface area contributed by atoms with Gasteiger partial charge in [0.2, 0.25) is 0 Å². The topological polar surface area (TPSA) is 21.3 Å². The molecule has 56 valence electrons. The van der Waals surface area contributed by atoms with Gasteiger partial charge in [-0.2, -0.15) is 0 Å². The Morgan fingerprint density at radius 3 is 2.70 bits per heavy atom. The van der Waals surface area contributed by atoms with Gasteiger partial charge in [-0.25, -0.2) is 0 Å². The fraction of sp³-hybridized carbons (Fsp3) is 0.500. The Labute approximate surface area is 61.6 Å². The van der Waals surface area contributed by atoms with E-state index in [1.807, 2.05) is 6.20 Å². The Hall–Kier alpha value is -0.920. The van der Waals surface area contributed by atoms with Gasteiger partial charge in [0.25, 0.3) is 0 Å². The molecule has 10 heavy (non-hydrogen) atoms. The molecule has 0 atom stereocenters. The van der Waals surface area contributed by atoms with E-state index in [0.717, 1.165) is 18.6 Å². The van der Waals surface area contributed by atoms with Crippen molar-refractivity contribution in [1.82, 2.24) is 5.32 Å². The van der Waals surface area contributed by atoms with E-state index in [4.69, 9.17) is 4.74 Å². The molecule has 0 fully saturated rings. The smallest absolute Gasteiger partial charge is 0.122 e. The molecule has 0 unspecified atom stereocenters. The van der Waals surface area contributed by atoms with Crippen LogP contribution in [0, 0.1) is 0 Å². The van der Waals surface area contributed by atoms with E-state index in [1.165, 1.54) is 5.70 Å². The quantitative estimate of drug-likeness (QED) is 0.632. The summed E-state index contributed by atoms with van der Waals surface area (Å²) in [6.07, 6.45) is 5.46. The van der Waals surface area contributed by atoms with Gasteiger partial charge in [-0.1, -0.05) is 13.8 Å². The number of allylic oxidation sites excluding steroid dienone is 2. The van der Waals surface area contributed by atoms with Gasteiger partial charge in [-0.05, 0) is 6.42 Å². The van der Waals surface area contributed by atoms with Crippen LogP contribution in [0.1, 0.15) is 26.7 Å².